The first-order valence-corrected chi connectivity index (χ1v) is 9.41. The van der Waals surface area contributed by atoms with Crippen LogP contribution in [0.3, 0.4) is 0 Å². The van der Waals surface area contributed by atoms with Crippen molar-refractivity contribution in [1.29, 1.82) is 0 Å². The predicted octanol–water partition coefficient (Wildman–Crippen LogP) is 1.91. The molecule has 1 atom stereocenters. The average Bonchev–Trinajstić information content (AvgIpc) is 3.10. The Bertz CT molecular complexity index is 639. The number of nitrogens with one attached hydrogen (secondary N) is 2. The molecule has 1 saturated carbocycles. The molecule has 27 heavy (non-hydrogen) atoms. The molecule has 1 aromatic rings. The molecule has 8 nitrogen and oxygen atoms in total. The molecule has 148 valence electrons. The zero-order valence-corrected chi connectivity index (χ0v) is 15.5. The zero-order valence-electron chi connectivity index (χ0n) is 15.5. The van der Waals surface area contributed by atoms with E-state index in [0.29, 0.717) is 18.8 Å². The Hall–Kier alpha value is -2.32. The number of benzene rings is 1. The Morgan fingerprint density at radius 3 is 2.63 bits per heavy atom. The van der Waals surface area contributed by atoms with Crippen molar-refractivity contribution in [2.45, 2.75) is 44.4 Å². The summed E-state index contributed by atoms with van der Waals surface area (Å²) in [6.45, 7) is 4.04. The lowest BCUT2D eigenvalue weighted by Gasteiger charge is -2.42. The summed E-state index contributed by atoms with van der Waals surface area (Å²) in [7, 11) is 0. The van der Waals surface area contributed by atoms with Crippen LogP contribution in [-0.4, -0.2) is 66.5 Å². The lowest BCUT2D eigenvalue weighted by atomic mass is 9.85. The van der Waals surface area contributed by atoms with E-state index in [2.05, 4.69) is 10.6 Å². The fraction of sp³-hybridized carbons (Fsp3) is 0.579. The van der Waals surface area contributed by atoms with Crippen LogP contribution in [-0.2, 0) is 9.53 Å². The van der Waals surface area contributed by atoms with Gasteiger partial charge in [0.05, 0.1) is 19.8 Å². The van der Waals surface area contributed by atoms with Crippen LogP contribution in [0.5, 0.6) is 5.75 Å². The number of amides is 2. The van der Waals surface area contributed by atoms with Crippen LogP contribution in [0, 0.1) is 0 Å². The molecule has 0 aromatic heterocycles. The molecule has 1 unspecified atom stereocenters. The highest BCUT2D eigenvalue weighted by Crippen LogP contribution is 2.26. The second kappa shape index (κ2) is 9.05. The molecule has 0 radical (unpaired) electrons. The van der Waals surface area contributed by atoms with E-state index in [1.807, 2.05) is 24.0 Å². The van der Waals surface area contributed by atoms with Crippen LogP contribution in [0.1, 0.15) is 26.2 Å². The van der Waals surface area contributed by atoms with Crippen LogP contribution in [0.25, 0.3) is 0 Å². The summed E-state index contributed by atoms with van der Waals surface area (Å²) in [4.78, 5) is 24.9. The van der Waals surface area contributed by atoms with Crippen molar-refractivity contribution in [3.8, 4) is 5.75 Å². The number of hydrogen-bond donors (Lipinski definition) is 3. The van der Waals surface area contributed by atoms with Crippen LogP contribution in [0.4, 0.5) is 10.5 Å². The smallest absolute Gasteiger partial charge is 0.319 e. The Labute approximate surface area is 158 Å². The summed E-state index contributed by atoms with van der Waals surface area (Å²) in [6, 6.07) is 7.31. The van der Waals surface area contributed by atoms with Crippen LogP contribution < -0.4 is 15.4 Å². The minimum Gasteiger partial charge on any atom is -0.488 e. The molecule has 0 bridgehead atoms. The number of aliphatic carboxylic acids is 1. The number of nitrogens with zero attached hydrogens (tertiary/aromatic N) is 1. The topological polar surface area (TPSA) is 100 Å². The summed E-state index contributed by atoms with van der Waals surface area (Å²) < 4.78 is 11.1. The van der Waals surface area contributed by atoms with Gasteiger partial charge in [-0.2, -0.15) is 0 Å². The molecule has 1 heterocycles. The fourth-order valence-corrected chi connectivity index (χ4v) is 3.44. The molecule has 2 fully saturated rings. The fourth-order valence-electron chi connectivity index (χ4n) is 3.44. The normalized spacial score (nSPS) is 24.3. The van der Waals surface area contributed by atoms with Gasteiger partial charge in [-0.15, -0.1) is 0 Å². The van der Waals surface area contributed by atoms with Gasteiger partial charge in [-0.05, 0) is 43.7 Å². The molecule has 1 aromatic carbocycles. The maximum Gasteiger partial charge on any atom is 0.319 e. The van der Waals surface area contributed by atoms with Crippen molar-refractivity contribution in [2.24, 2.45) is 0 Å². The minimum atomic E-state index is -0.820. The number of rotatable bonds is 8. The molecule has 3 rings (SSSR count). The van der Waals surface area contributed by atoms with Crippen LogP contribution in [0.2, 0.25) is 0 Å². The van der Waals surface area contributed by atoms with Gasteiger partial charge in [-0.1, -0.05) is 6.92 Å². The quantitative estimate of drug-likeness (QED) is 0.640. The largest absolute Gasteiger partial charge is 0.488 e. The number of carbonyl (C=O) groups is 2. The van der Waals surface area contributed by atoms with Gasteiger partial charge < -0.3 is 25.2 Å². The van der Waals surface area contributed by atoms with Gasteiger partial charge in [0.1, 0.15) is 11.9 Å². The maximum absolute atomic E-state index is 12.1. The van der Waals surface area contributed by atoms with Crippen molar-refractivity contribution in [2.75, 3.05) is 31.6 Å². The molecule has 0 spiro atoms. The van der Waals surface area contributed by atoms with E-state index in [1.165, 1.54) is 0 Å². The van der Waals surface area contributed by atoms with Gasteiger partial charge >= 0.3 is 12.0 Å². The van der Waals surface area contributed by atoms with Crippen molar-refractivity contribution in [3.05, 3.63) is 24.3 Å². The third-order valence-electron chi connectivity index (χ3n) is 5.01. The predicted molar refractivity (Wildman–Crippen MR) is 100 cm³/mol. The Morgan fingerprint density at radius 2 is 2.04 bits per heavy atom. The van der Waals surface area contributed by atoms with E-state index in [9.17, 15) is 9.59 Å². The number of ether oxygens (including phenoxy) is 2. The molecule has 2 aliphatic rings. The molecule has 1 aliphatic carbocycles. The van der Waals surface area contributed by atoms with Gasteiger partial charge in [0, 0.05) is 24.2 Å². The monoisotopic (exact) mass is 377 g/mol. The number of likely N-dealkylation sites (N-methyl/N-ethyl adjacent to an activating group) is 1. The second-order valence-corrected chi connectivity index (χ2v) is 7.01. The van der Waals surface area contributed by atoms with E-state index in [4.69, 9.17) is 14.6 Å². The Morgan fingerprint density at radius 1 is 1.30 bits per heavy atom. The number of hydrogen-bond acceptors (Lipinski definition) is 5. The molecule has 3 N–H and O–H groups in total. The highest BCUT2D eigenvalue weighted by atomic mass is 16.5. The van der Waals surface area contributed by atoms with E-state index >= 15 is 0 Å². The minimum absolute atomic E-state index is 0.0431. The zero-order chi connectivity index (χ0) is 19.2. The van der Waals surface area contributed by atoms with Gasteiger partial charge in [0.25, 0.3) is 0 Å². The highest BCUT2D eigenvalue weighted by Gasteiger charge is 2.34. The number of carboxylic acids is 1. The average molecular weight is 377 g/mol. The molecule has 2 amide bonds. The van der Waals surface area contributed by atoms with E-state index in [1.54, 1.807) is 12.1 Å². The van der Waals surface area contributed by atoms with E-state index in [-0.39, 0.29) is 30.8 Å². The third-order valence-corrected chi connectivity index (χ3v) is 5.01. The van der Waals surface area contributed by atoms with Crippen molar-refractivity contribution < 1.29 is 24.2 Å². The van der Waals surface area contributed by atoms with Crippen molar-refractivity contribution in [1.82, 2.24) is 10.2 Å². The Kier molecular flexibility index (Phi) is 6.52. The second-order valence-electron chi connectivity index (χ2n) is 7.01. The molecule has 8 heteroatoms. The standard InChI is InChI=1S/C19H27N3O5/c1-2-22(11-18(23)24)15-9-14(10-15)21-19(25)20-13-3-5-16(6-4-13)27-17-7-8-26-12-17/h3-6,14-15,17H,2,7-12H2,1H3,(H,23,24)(H2,20,21,25). The first-order valence-electron chi connectivity index (χ1n) is 9.41. The molecular weight excluding hydrogens is 350 g/mol. The Balaban J connectivity index is 1.39. The molecule has 1 aliphatic heterocycles. The number of anilines is 1. The first kappa shape index (κ1) is 19.4. The van der Waals surface area contributed by atoms with Gasteiger partial charge in [0.15, 0.2) is 0 Å². The molecular formula is C19H27N3O5. The van der Waals surface area contributed by atoms with Crippen molar-refractivity contribution in [3.63, 3.8) is 0 Å². The lowest BCUT2D eigenvalue weighted by molar-refractivity contribution is -0.139. The summed E-state index contributed by atoms with van der Waals surface area (Å²) in [5, 5.41) is 14.7. The van der Waals surface area contributed by atoms with Gasteiger partial charge in [-0.25, -0.2) is 4.79 Å². The highest BCUT2D eigenvalue weighted by molar-refractivity contribution is 5.89. The summed E-state index contributed by atoms with van der Waals surface area (Å²) >= 11 is 0. The van der Waals surface area contributed by atoms with Gasteiger partial charge in [-0.3, -0.25) is 9.69 Å². The van der Waals surface area contributed by atoms with Crippen LogP contribution in [0.15, 0.2) is 24.3 Å². The SMILES string of the molecule is CCN(CC(=O)O)C1CC(NC(=O)Nc2ccc(OC3CCOC3)cc2)C1. The third kappa shape index (κ3) is 5.58. The van der Waals surface area contributed by atoms with E-state index < -0.39 is 5.97 Å². The summed E-state index contributed by atoms with van der Waals surface area (Å²) in [5.74, 6) is -0.0599. The summed E-state index contributed by atoms with van der Waals surface area (Å²) in [6.07, 6.45) is 2.53. The molecule has 1 saturated heterocycles. The van der Waals surface area contributed by atoms with Gasteiger partial charge in [0.2, 0.25) is 0 Å². The van der Waals surface area contributed by atoms with Crippen molar-refractivity contribution >= 4 is 17.7 Å². The lowest BCUT2D eigenvalue weighted by Crippen LogP contribution is -2.55. The first-order chi connectivity index (χ1) is 13.0. The summed E-state index contributed by atoms with van der Waals surface area (Å²) in [5.41, 5.74) is 0.694. The maximum atomic E-state index is 12.1. The number of carboxylic acid groups (broad SMARTS) is 1. The number of urea groups is 1. The number of carbonyl (C=O) groups excluding carboxylic acids is 1. The van der Waals surface area contributed by atoms with Crippen LogP contribution >= 0.6 is 0 Å². The van der Waals surface area contributed by atoms with E-state index in [0.717, 1.165) is 31.6 Å².